The van der Waals surface area contributed by atoms with Gasteiger partial charge >= 0.3 is 6.09 Å². The molecule has 45 heavy (non-hydrogen) atoms. The van der Waals surface area contributed by atoms with Gasteiger partial charge in [0, 0.05) is 31.1 Å². The second-order valence-electron chi connectivity index (χ2n) is 11.1. The molecule has 3 rings (SSSR count). The topological polar surface area (TPSA) is 125 Å². The number of aliphatic hydroxyl groups excluding tert-OH is 1. The molecule has 0 bridgehead atoms. The van der Waals surface area contributed by atoms with Gasteiger partial charge in [0.2, 0.25) is 15.9 Å². The lowest BCUT2D eigenvalue weighted by Crippen LogP contribution is -2.50. The number of nitrogens with zero attached hydrogens (tertiary/aromatic N) is 1. The van der Waals surface area contributed by atoms with Gasteiger partial charge in [-0.15, -0.1) is 0 Å². The van der Waals surface area contributed by atoms with Crippen molar-refractivity contribution in [1.29, 1.82) is 0 Å². The standard InChI is InChI=1S/C33H41F2N3O6S/c1-23(2)21-38(45(42,43)29-18-17-26(34)20-28(29)35)27(22-39)16-10-11-19-36-32(40)31(37-33(41)44-3)30(24-12-6-4-7-13-24)25-14-8-5-9-15-25/h4-9,12-15,17-18,20,23,27,30-31,39H,10-11,16,19,21-22H2,1-3H3,(H,36,40)(H,37,41)/t27?,31-/m0/s1. The minimum absolute atomic E-state index is 0.0162. The maximum Gasteiger partial charge on any atom is 0.407 e. The number of halogens is 2. The number of alkyl carbamates (subject to hydrolysis) is 1. The van der Waals surface area contributed by atoms with E-state index < -0.39 is 63.2 Å². The summed E-state index contributed by atoms with van der Waals surface area (Å²) in [6.07, 6.45) is 0.301. The van der Waals surface area contributed by atoms with Gasteiger partial charge in [0.15, 0.2) is 0 Å². The fourth-order valence-corrected chi connectivity index (χ4v) is 7.01. The number of ether oxygens (including phenoxy) is 1. The molecule has 244 valence electrons. The Bertz CT molecular complexity index is 1450. The molecular formula is C33H41F2N3O6S. The fourth-order valence-electron chi connectivity index (χ4n) is 5.15. The highest BCUT2D eigenvalue weighted by atomic mass is 32.2. The van der Waals surface area contributed by atoms with E-state index >= 15 is 0 Å². The zero-order valence-corrected chi connectivity index (χ0v) is 26.5. The van der Waals surface area contributed by atoms with E-state index in [4.69, 9.17) is 4.74 Å². The fraction of sp³-hybridized carbons (Fsp3) is 0.394. The summed E-state index contributed by atoms with van der Waals surface area (Å²) in [5.74, 6) is -3.20. The summed E-state index contributed by atoms with van der Waals surface area (Å²) in [6.45, 7) is 3.30. The molecular weight excluding hydrogens is 604 g/mol. The quantitative estimate of drug-likeness (QED) is 0.192. The number of nitrogens with one attached hydrogen (secondary N) is 2. The number of carbonyl (C=O) groups excluding carboxylic acids is 2. The molecule has 0 saturated heterocycles. The molecule has 0 spiro atoms. The van der Waals surface area contributed by atoms with E-state index in [-0.39, 0.29) is 25.4 Å². The molecule has 0 heterocycles. The average molecular weight is 646 g/mol. The summed E-state index contributed by atoms with van der Waals surface area (Å²) in [6, 6.07) is 19.0. The Kier molecular flexibility index (Phi) is 13.4. The van der Waals surface area contributed by atoms with Crippen LogP contribution in [0.3, 0.4) is 0 Å². The van der Waals surface area contributed by atoms with Crippen molar-refractivity contribution in [2.24, 2.45) is 5.92 Å². The van der Waals surface area contributed by atoms with Crippen molar-refractivity contribution in [2.75, 3.05) is 26.8 Å². The summed E-state index contributed by atoms with van der Waals surface area (Å²) in [5.41, 5.74) is 1.63. The summed E-state index contributed by atoms with van der Waals surface area (Å²) in [4.78, 5) is 25.2. The number of hydrogen-bond donors (Lipinski definition) is 3. The molecule has 0 aromatic heterocycles. The highest BCUT2D eigenvalue weighted by Gasteiger charge is 2.34. The SMILES string of the molecule is COC(=O)N[C@H](C(=O)NCCCCC(CO)N(CC(C)C)S(=O)(=O)c1ccc(F)cc1F)C(c1ccccc1)c1ccccc1. The van der Waals surface area contributed by atoms with Gasteiger partial charge in [-0.05, 0) is 42.0 Å². The largest absolute Gasteiger partial charge is 0.453 e. The monoisotopic (exact) mass is 645 g/mol. The van der Waals surface area contributed by atoms with Crippen LogP contribution >= 0.6 is 0 Å². The van der Waals surface area contributed by atoms with Crippen molar-refractivity contribution >= 4 is 22.0 Å². The zero-order chi connectivity index (χ0) is 33.0. The predicted molar refractivity (Wildman–Crippen MR) is 167 cm³/mol. The van der Waals surface area contributed by atoms with Crippen LogP contribution in [0.25, 0.3) is 0 Å². The first-order chi connectivity index (χ1) is 21.5. The number of aliphatic hydroxyl groups is 1. The minimum atomic E-state index is -4.39. The predicted octanol–water partition coefficient (Wildman–Crippen LogP) is 4.82. The van der Waals surface area contributed by atoms with Gasteiger partial charge in [0.05, 0.1) is 13.7 Å². The highest BCUT2D eigenvalue weighted by Crippen LogP contribution is 2.29. The Morgan fingerprint density at radius 3 is 2.04 bits per heavy atom. The molecule has 1 unspecified atom stereocenters. The maximum absolute atomic E-state index is 14.5. The van der Waals surface area contributed by atoms with Gasteiger partial charge < -0.3 is 20.5 Å². The molecule has 0 aliphatic carbocycles. The van der Waals surface area contributed by atoms with Crippen LogP contribution in [-0.2, 0) is 19.6 Å². The molecule has 12 heteroatoms. The summed E-state index contributed by atoms with van der Waals surface area (Å²) >= 11 is 0. The van der Waals surface area contributed by atoms with Gasteiger partial charge in [0.1, 0.15) is 22.6 Å². The van der Waals surface area contributed by atoms with Crippen LogP contribution in [0.2, 0.25) is 0 Å². The van der Waals surface area contributed by atoms with E-state index in [0.29, 0.717) is 18.9 Å². The Morgan fingerprint density at radius 1 is 0.933 bits per heavy atom. The van der Waals surface area contributed by atoms with E-state index in [1.165, 1.54) is 7.11 Å². The van der Waals surface area contributed by atoms with Crippen LogP contribution in [0.4, 0.5) is 13.6 Å². The van der Waals surface area contributed by atoms with Crippen molar-refractivity contribution in [3.63, 3.8) is 0 Å². The molecule has 0 radical (unpaired) electrons. The van der Waals surface area contributed by atoms with Crippen molar-refractivity contribution in [3.05, 3.63) is 102 Å². The third-order valence-electron chi connectivity index (χ3n) is 7.30. The molecule has 2 atom stereocenters. The number of sulfonamides is 1. The van der Waals surface area contributed by atoms with Crippen LogP contribution in [0.15, 0.2) is 83.8 Å². The summed E-state index contributed by atoms with van der Waals surface area (Å²) in [5, 5.41) is 15.7. The van der Waals surface area contributed by atoms with Crippen LogP contribution in [0.1, 0.15) is 50.2 Å². The van der Waals surface area contributed by atoms with Crippen molar-refractivity contribution < 1.29 is 36.6 Å². The smallest absolute Gasteiger partial charge is 0.407 e. The number of methoxy groups -OCH3 is 1. The number of hydrogen-bond acceptors (Lipinski definition) is 6. The lowest BCUT2D eigenvalue weighted by Gasteiger charge is -2.31. The van der Waals surface area contributed by atoms with Crippen molar-refractivity contribution in [2.45, 2.75) is 56.0 Å². The Morgan fingerprint density at radius 2 is 1.53 bits per heavy atom. The Labute approximate surface area is 263 Å². The second-order valence-corrected chi connectivity index (χ2v) is 12.9. The molecule has 3 aromatic carbocycles. The van der Waals surface area contributed by atoms with Crippen LogP contribution in [-0.4, -0.2) is 68.7 Å². The molecule has 3 N–H and O–H groups in total. The number of unbranched alkanes of at least 4 members (excludes halogenated alkanes) is 1. The van der Waals surface area contributed by atoms with Gasteiger partial charge in [-0.3, -0.25) is 4.79 Å². The normalized spacial score (nSPS) is 13.1. The minimum Gasteiger partial charge on any atom is -0.453 e. The molecule has 9 nitrogen and oxygen atoms in total. The van der Waals surface area contributed by atoms with E-state index in [1.807, 2.05) is 60.7 Å². The van der Waals surface area contributed by atoms with Crippen molar-refractivity contribution in [3.8, 4) is 0 Å². The third kappa shape index (κ3) is 9.81. The van der Waals surface area contributed by atoms with Gasteiger partial charge in [0.25, 0.3) is 0 Å². The summed E-state index contributed by atoms with van der Waals surface area (Å²) < 4.78 is 60.7. The van der Waals surface area contributed by atoms with Crippen LogP contribution < -0.4 is 10.6 Å². The number of rotatable bonds is 16. The van der Waals surface area contributed by atoms with Crippen molar-refractivity contribution in [1.82, 2.24) is 14.9 Å². The Balaban J connectivity index is 1.72. The zero-order valence-electron chi connectivity index (χ0n) is 25.7. The molecule has 0 aliphatic heterocycles. The van der Waals surface area contributed by atoms with E-state index in [0.717, 1.165) is 27.6 Å². The lowest BCUT2D eigenvalue weighted by molar-refractivity contribution is -0.123. The van der Waals surface area contributed by atoms with E-state index in [1.54, 1.807) is 13.8 Å². The third-order valence-corrected chi connectivity index (χ3v) is 9.25. The Hall–Kier alpha value is -3.87. The summed E-state index contributed by atoms with van der Waals surface area (Å²) in [7, 11) is -3.17. The lowest BCUT2D eigenvalue weighted by atomic mass is 9.84. The van der Waals surface area contributed by atoms with Crippen LogP contribution in [0, 0.1) is 17.6 Å². The molecule has 3 aromatic rings. The first-order valence-corrected chi connectivity index (χ1v) is 16.2. The van der Waals surface area contributed by atoms with Crippen LogP contribution in [0.5, 0.6) is 0 Å². The first kappa shape index (κ1) is 35.6. The van der Waals surface area contributed by atoms with Gasteiger partial charge in [-0.2, -0.15) is 4.31 Å². The van der Waals surface area contributed by atoms with Gasteiger partial charge in [-0.25, -0.2) is 22.0 Å². The first-order valence-electron chi connectivity index (χ1n) is 14.8. The second kappa shape index (κ2) is 17.0. The highest BCUT2D eigenvalue weighted by molar-refractivity contribution is 7.89. The maximum atomic E-state index is 14.5. The van der Waals surface area contributed by atoms with E-state index in [9.17, 15) is 31.9 Å². The molecule has 2 amide bonds. The van der Waals surface area contributed by atoms with E-state index in [2.05, 4.69) is 10.6 Å². The molecule has 0 aliphatic rings. The van der Waals surface area contributed by atoms with Gasteiger partial charge in [-0.1, -0.05) is 80.9 Å². The number of benzene rings is 3. The number of amides is 2. The average Bonchev–Trinajstić information content (AvgIpc) is 3.02. The number of carbonyl (C=O) groups is 2. The molecule has 0 fully saturated rings. The molecule has 0 saturated carbocycles.